The summed E-state index contributed by atoms with van der Waals surface area (Å²) in [5.74, 6) is -0.286. The number of nitrogens with zero attached hydrogens (tertiary/aromatic N) is 1. The maximum absolute atomic E-state index is 13.1. The second kappa shape index (κ2) is 9.07. The van der Waals surface area contributed by atoms with Gasteiger partial charge in [0.05, 0.1) is 18.1 Å². The van der Waals surface area contributed by atoms with E-state index in [0.717, 1.165) is 11.1 Å². The van der Waals surface area contributed by atoms with Crippen molar-refractivity contribution in [3.8, 4) is 0 Å². The van der Waals surface area contributed by atoms with Crippen molar-refractivity contribution < 1.29 is 17.9 Å². The fourth-order valence-electron chi connectivity index (χ4n) is 3.48. The molecule has 0 aromatic heterocycles. The zero-order valence-electron chi connectivity index (χ0n) is 17.2. The lowest BCUT2D eigenvalue weighted by atomic mass is 10.1. The van der Waals surface area contributed by atoms with E-state index in [0.29, 0.717) is 50.4 Å². The van der Waals surface area contributed by atoms with Gasteiger partial charge in [0.15, 0.2) is 0 Å². The first kappa shape index (κ1) is 21.5. The van der Waals surface area contributed by atoms with Crippen LogP contribution in [0.4, 0.5) is 0 Å². The quantitative estimate of drug-likeness (QED) is 0.786. The summed E-state index contributed by atoms with van der Waals surface area (Å²) in [4.78, 5) is 12.9. The first-order valence-corrected chi connectivity index (χ1v) is 11.3. The normalized spacial score (nSPS) is 15.3. The van der Waals surface area contributed by atoms with Gasteiger partial charge in [0.25, 0.3) is 5.91 Å². The molecule has 1 fully saturated rings. The number of benzene rings is 2. The standard InChI is InChI=1S/C22H28N2O4S/c1-4-18-7-8-19(14-21(18)29(26,27)24-9-11-28-12-10-24)22(25)23-15-20-6-5-16(2)13-17(20)3/h5-8,13-14H,4,9-12,15H2,1-3H3,(H,23,25). The molecule has 29 heavy (non-hydrogen) atoms. The third-order valence-electron chi connectivity index (χ3n) is 5.24. The molecule has 1 N–H and O–H groups in total. The van der Waals surface area contributed by atoms with Crippen molar-refractivity contribution in [1.82, 2.24) is 9.62 Å². The largest absolute Gasteiger partial charge is 0.379 e. The highest BCUT2D eigenvalue weighted by molar-refractivity contribution is 7.89. The number of hydrogen-bond acceptors (Lipinski definition) is 4. The minimum atomic E-state index is -3.67. The molecule has 2 aromatic rings. The molecule has 2 aromatic carbocycles. The van der Waals surface area contributed by atoms with Gasteiger partial charge in [0.1, 0.15) is 0 Å². The van der Waals surface area contributed by atoms with Crippen LogP contribution in [0.2, 0.25) is 0 Å². The average molecular weight is 417 g/mol. The zero-order valence-corrected chi connectivity index (χ0v) is 18.0. The fraction of sp³-hybridized carbons (Fsp3) is 0.409. The molecule has 0 saturated carbocycles. The molecule has 1 heterocycles. The molecule has 0 spiro atoms. The van der Waals surface area contributed by atoms with Gasteiger partial charge >= 0.3 is 0 Å². The topological polar surface area (TPSA) is 75.7 Å². The van der Waals surface area contributed by atoms with Crippen LogP contribution in [0.5, 0.6) is 0 Å². The third-order valence-corrected chi connectivity index (χ3v) is 7.22. The van der Waals surface area contributed by atoms with E-state index in [1.54, 1.807) is 12.1 Å². The van der Waals surface area contributed by atoms with Crippen molar-refractivity contribution in [2.24, 2.45) is 0 Å². The Hall–Kier alpha value is -2.22. The molecule has 0 unspecified atom stereocenters. The lowest BCUT2D eigenvalue weighted by Crippen LogP contribution is -2.41. The lowest BCUT2D eigenvalue weighted by molar-refractivity contribution is 0.0730. The molecule has 156 valence electrons. The van der Waals surface area contributed by atoms with Crippen LogP contribution < -0.4 is 5.32 Å². The Morgan fingerprint density at radius 3 is 2.41 bits per heavy atom. The number of nitrogens with one attached hydrogen (secondary N) is 1. The molecule has 6 nitrogen and oxygen atoms in total. The van der Waals surface area contributed by atoms with Crippen molar-refractivity contribution in [3.63, 3.8) is 0 Å². The molecule has 1 amide bonds. The van der Waals surface area contributed by atoms with Crippen molar-refractivity contribution in [2.75, 3.05) is 26.3 Å². The number of sulfonamides is 1. The maximum atomic E-state index is 13.1. The predicted molar refractivity (Wildman–Crippen MR) is 112 cm³/mol. The number of carbonyl (C=O) groups is 1. The van der Waals surface area contributed by atoms with Gasteiger partial charge in [-0.1, -0.05) is 36.8 Å². The molecular weight excluding hydrogens is 388 g/mol. The van der Waals surface area contributed by atoms with Gasteiger partial charge in [0.2, 0.25) is 10.0 Å². The van der Waals surface area contributed by atoms with Crippen LogP contribution in [0.3, 0.4) is 0 Å². The molecule has 1 aliphatic rings. The monoisotopic (exact) mass is 416 g/mol. The molecule has 7 heteroatoms. The Bertz CT molecular complexity index is 996. The predicted octanol–water partition coefficient (Wildman–Crippen LogP) is 2.82. The smallest absolute Gasteiger partial charge is 0.251 e. The Labute approximate surface area is 172 Å². The summed E-state index contributed by atoms with van der Waals surface area (Å²) in [5, 5.41) is 2.90. The molecule has 0 bridgehead atoms. The summed E-state index contributed by atoms with van der Waals surface area (Å²) in [6.07, 6.45) is 0.573. The van der Waals surface area contributed by atoms with Crippen LogP contribution >= 0.6 is 0 Å². The Morgan fingerprint density at radius 1 is 1.07 bits per heavy atom. The molecular formula is C22H28N2O4S. The van der Waals surface area contributed by atoms with Gasteiger partial charge in [-0.15, -0.1) is 0 Å². The minimum Gasteiger partial charge on any atom is -0.379 e. The van der Waals surface area contributed by atoms with Crippen LogP contribution in [0, 0.1) is 13.8 Å². The van der Waals surface area contributed by atoms with E-state index >= 15 is 0 Å². The maximum Gasteiger partial charge on any atom is 0.251 e. The van der Waals surface area contributed by atoms with Gasteiger partial charge in [0, 0.05) is 25.2 Å². The highest BCUT2D eigenvalue weighted by atomic mass is 32.2. The highest BCUT2D eigenvalue weighted by Crippen LogP contribution is 2.23. The van der Waals surface area contributed by atoms with Crippen molar-refractivity contribution in [2.45, 2.75) is 38.6 Å². The molecule has 3 rings (SSSR count). The second-order valence-corrected chi connectivity index (χ2v) is 9.21. The van der Waals surface area contributed by atoms with E-state index in [4.69, 9.17) is 4.74 Å². The second-order valence-electron chi connectivity index (χ2n) is 7.31. The fourth-order valence-corrected chi connectivity index (χ4v) is 5.20. The number of rotatable bonds is 6. The van der Waals surface area contributed by atoms with E-state index in [2.05, 4.69) is 11.4 Å². The molecule has 1 aliphatic heterocycles. The van der Waals surface area contributed by atoms with Gasteiger partial charge in [-0.2, -0.15) is 4.31 Å². The lowest BCUT2D eigenvalue weighted by Gasteiger charge is -2.27. The van der Waals surface area contributed by atoms with Crippen molar-refractivity contribution in [3.05, 3.63) is 64.2 Å². The van der Waals surface area contributed by atoms with E-state index in [-0.39, 0.29) is 10.8 Å². The van der Waals surface area contributed by atoms with E-state index in [9.17, 15) is 13.2 Å². The van der Waals surface area contributed by atoms with Gasteiger partial charge in [-0.05, 0) is 49.1 Å². The summed E-state index contributed by atoms with van der Waals surface area (Å²) >= 11 is 0. The summed E-state index contributed by atoms with van der Waals surface area (Å²) in [6.45, 7) is 7.77. The summed E-state index contributed by atoms with van der Waals surface area (Å²) in [5.41, 5.74) is 4.38. The number of hydrogen-bond donors (Lipinski definition) is 1. The molecule has 1 saturated heterocycles. The summed E-state index contributed by atoms with van der Waals surface area (Å²) in [7, 11) is -3.67. The number of aryl methyl sites for hydroxylation is 3. The van der Waals surface area contributed by atoms with E-state index in [1.165, 1.54) is 15.9 Å². The SMILES string of the molecule is CCc1ccc(C(=O)NCc2ccc(C)cc2C)cc1S(=O)(=O)N1CCOCC1. The number of amides is 1. The Morgan fingerprint density at radius 2 is 1.76 bits per heavy atom. The van der Waals surface area contributed by atoms with Crippen LogP contribution in [0.1, 0.15) is 39.5 Å². The van der Waals surface area contributed by atoms with Crippen LogP contribution in [-0.2, 0) is 27.7 Å². The first-order chi connectivity index (χ1) is 13.8. The zero-order chi connectivity index (χ0) is 21.0. The minimum absolute atomic E-state index is 0.209. The number of morpholine rings is 1. The van der Waals surface area contributed by atoms with Gasteiger partial charge < -0.3 is 10.1 Å². The molecule has 0 aliphatic carbocycles. The van der Waals surface area contributed by atoms with E-state index in [1.807, 2.05) is 32.9 Å². The van der Waals surface area contributed by atoms with Crippen molar-refractivity contribution in [1.29, 1.82) is 0 Å². The third kappa shape index (κ3) is 4.86. The summed E-state index contributed by atoms with van der Waals surface area (Å²) < 4.78 is 33.0. The Balaban J connectivity index is 1.82. The van der Waals surface area contributed by atoms with Crippen LogP contribution in [0.15, 0.2) is 41.3 Å². The number of ether oxygens (including phenoxy) is 1. The average Bonchev–Trinajstić information content (AvgIpc) is 2.73. The van der Waals surface area contributed by atoms with Crippen molar-refractivity contribution >= 4 is 15.9 Å². The molecule has 0 atom stereocenters. The van der Waals surface area contributed by atoms with E-state index < -0.39 is 10.0 Å². The first-order valence-electron chi connectivity index (χ1n) is 9.88. The highest BCUT2D eigenvalue weighted by Gasteiger charge is 2.29. The Kier molecular flexibility index (Phi) is 6.72. The molecule has 0 radical (unpaired) electrons. The van der Waals surface area contributed by atoms with Gasteiger partial charge in [-0.3, -0.25) is 4.79 Å². The van der Waals surface area contributed by atoms with Crippen LogP contribution in [0.25, 0.3) is 0 Å². The van der Waals surface area contributed by atoms with Gasteiger partial charge in [-0.25, -0.2) is 8.42 Å². The number of carbonyl (C=O) groups excluding carboxylic acids is 1. The summed E-state index contributed by atoms with van der Waals surface area (Å²) in [6, 6.07) is 11.0. The van der Waals surface area contributed by atoms with Crippen LogP contribution in [-0.4, -0.2) is 44.9 Å².